The average Bonchev–Trinajstić information content (AvgIpc) is 3.01. The van der Waals surface area contributed by atoms with E-state index in [1.165, 1.54) is 18.2 Å². The fraction of sp³-hybridized carbons (Fsp3) is 0.522. The fourth-order valence-corrected chi connectivity index (χ4v) is 5.32. The summed E-state index contributed by atoms with van der Waals surface area (Å²) < 4.78 is 0.632. The number of thiocarbonyl (C=S) groups is 1. The zero-order chi connectivity index (χ0) is 20.6. The van der Waals surface area contributed by atoms with Crippen LogP contribution in [0.3, 0.4) is 0 Å². The molecule has 2 aliphatic heterocycles. The topological polar surface area (TPSA) is 40.6 Å². The zero-order valence-electron chi connectivity index (χ0n) is 17.1. The summed E-state index contributed by atoms with van der Waals surface area (Å²) in [5.41, 5.74) is 1.01. The summed E-state index contributed by atoms with van der Waals surface area (Å²) >= 11 is 6.78. The molecule has 0 radical (unpaired) electrons. The van der Waals surface area contributed by atoms with Crippen molar-refractivity contribution >= 4 is 46.2 Å². The van der Waals surface area contributed by atoms with Crippen molar-refractivity contribution in [2.75, 3.05) is 13.1 Å². The van der Waals surface area contributed by atoms with Gasteiger partial charge in [0.1, 0.15) is 4.32 Å². The Bertz CT molecular complexity index is 763. The number of carbonyl (C=O) groups is 2. The zero-order valence-corrected chi connectivity index (χ0v) is 18.8. The lowest BCUT2D eigenvalue weighted by Gasteiger charge is -2.35. The Morgan fingerprint density at radius 2 is 2.00 bits per heavy atom. The Balaban J connectivity index is 1.41. The van der Waals surface area contributed by atoms with Gasteiger partial charge in [-0.25, -0.2) is 0 Å². The van der Waals surface area contributed by atoms with Crippen LogP contribution in [0.25, 0.3) is 6.08 Å². The van der Waals surface area contributed by atoms with Crippen molar-refractivity contribution in [1.82, 2.24) is 9.80 Å². The van der Waals surface area contributed by atoms with E-state index >= 15 is 0 Å². The van der Waals surface area contributed by atoms with Crippen LogP contribution in [0, 0.1) is 0 Å². The van der Waals surface area contributed by atoms with E-state index in [4.69, 9.17) is 12.2 Å². The maximum absolute atomic E-state index is 12.7. The Labute approximate surface area is 183 Å². The van der Waals surface area contributed by atoms with E-state index in [0.717, 1.165) is 50.6 Å². The van der Waals surface area contributed by atoms with Gasteiger partial charge in [0.05, 0.1) is 4.91 Å². The van der Waals surface area contributed by atoms with Gasteiger partial charge in [0.25, 0.3) is 5.91 Å². The maximum atomic E-state index is 12.7. The molecule has 4 nitrogen and oxygen atoms in total. The molecule has 2 fully saturated rings. The van der Waals surface area contributed by atoms with E-state index in [9.17, 15) is 9.59 Å². The van der Waals surface area contributed by atoms with Gasteiger partial charge in [0, 0.05) is 25.6 Å². The summed E-state index contributed by atoms with van der Waals surface area (Å²) in [6, 6.07) is 10.3. The Kier molecular flexibility index (Phi) is 8.30. The van der Waals surface area contributed by atoms with E-state index in [-0.39, 0.29) is 5.91 Å². The molecule has 2 aliphatic rings. The standard InChI is InChI=1S/C23H30N2O2S2/c1-2-19-13-8-10-15-24(19)21(26)14-7-4-9-16-25-22(27)20(29-23(25)28)17-18-11-5-3-6-12-18/h3,5-6,11-12,17,19H,2,4,7-10,13-16H2,1H3/b20-17-/t19-/m1/s1. The van der Waals surface area contributed by atoms with Crippen molar-refractivity contribution in [1.29, 1.82) is 0 Å². The summed E-state index contributed by atoms with van der Waals surface area (Å²) in [6.07, 6.45) is 9.77. The first-order valence-corrected chi connectivity index (χ1v) is 11.9. The third-order valence-corrected chi connectivity index (χ3v) is 7.04. The number of hydrogen-bond acceptors (Lipinski definition) is 4. The number of likely N-dealkylation sites (tertiary alicyclic amines) is 1. The number of unbranched alkanes of at least 4 members (excludes halogenated alkanes) is 2. The molecule has 0 unspecified atom stereocenters. The van der Waals surface area contributed by atoms with Crippen molar-refractivity contribution in [3.05, 3.63) is 40.8 Å². The quantitative estimate of drug-likeness (QED) is 0.321. The van der Waals surface area contributed by atoms with Crippen LogP contribution in [0.4, 0.5) is 0 Å². The van der Waals surface area contributed by atoms with Crippen molar-refractivity contribution in [2.45, 2.75) is 64.3 Å². The molecule has 0 aromatic heterocycles. The van der Waals surface area contributed by atoms with Crippen LogP contribution in [0.2, 0.25) is 0 Å². The molecule has 156 valence electrons. The third-order valence-electron chi connectivity index (χ3n) is 5.66. The first kappa shape index (κ1) is 22.0. The number of thioether (sulfide) groups is 1. The fourth-order valence-electron chi connectivity index (χ4n) is 4.01. The number of nitrogens with zero attached hydrogens (tertiary/aromatic N) is 2. The first-order chi connectivity index (χ1) is 14.1. The first-order valence-electron chi connectivity index (χ1n) is 10.7. The molecule has 29 heavy (non-hydrogen) atoms. The maximum Gasteiger partial charge on any atom is 0.266 e. The molecule has 1 atom stereocenters. The van der Waals surface area contributed by atoms with Crippen molar-refractivity contribution < 1.29 is 9.59 Å². The molecule has 3 rings (SSSR count). The van der Waals surface area contributed by atoms with Gasteiger partial charge < -0.3 is 4.90 Å². The Hall–Kier alpha value is -1.66. The predicted octanol–water partition coefficient (Wildman–Crippen LogP) is 5.24. The average molecular weight is 431 g/mol. The second kappa shape index (κ2) is 10.9. The second-order valence-electron chi connectivity index (χ2n) is 7.70. The monoisotopic (exact) mass is 430 g/mol. The molecular formula is C23H30N2O2S2. The van der Waals surface area contributed by atoms with Gasteiger partial charge in [-0.1, -0.05) is 67.7 Å². The van der Waals surface area contributed by atoms with Gasteiger partial charge in [-0.05, 0) is 50.2 Å². The number of piperidine rings is 1. The summed E-state index contributed by atoms with van der Waals surface area (Å²) in [5.74, 6) is 0.298. The molecule has 0 aliphatic carbocycles. The van der Waals surface area contributed by atoms with E-state index in [0.29, 0.717) is 34.1 Å². The lowest BCUT2D eigenvalue weighted by Crippen LogP contribution is -2.43. The molecule has 2 saturated heterocycles. The molecule has 0 saturated carbocycles. The van der Waals surface area contributed by atoms with Crippen LogP contribution in [0.15, 0.2) is 35.2 Å². The van der Waals surface area contributed by atoms with E-state index in [2.05, 4.69) is 11.8 Å². The molecule has 0 N–H and O–H groups in total. The highest BCUT2D eigenvalue weighted by Gasteiger charge is 2.31. The number of rotatable bonds is 8. The van der Waals surface area contributed by atoms with Gasteiger partial charge in [0.15, 0.2) is 0 Å². The molecule has 1 aromatic carbocycles. The largest absolute Gasteiger partial charge is 0.340 e. The van der Waals surface area contributed by atoms with Crippen molar-refractivity contribution in [3.8, 4) is 0 Å². The minimum absolute atomic E-state index is 0.000895. The lowest BCUT2D eigenvalue weighted by atomic mass is 9.99. The summed E-state index contributed by atoms with van der Waals surface area (Å²) in [7, 11) is 0. The van der Waals surface area contributed by atoms with Crippen LogP contribution in [-0.4, -0.2) is 45.1 Å². The van der Waals surface area contributed by atoms with Gasteiger partial charge in [-0.15, -0.1) is 0 Å². The SMILES string of the molecule is CC[C@@H]1CCCCN1C(=O)CCCCCN1C(=O)/C(=C/c2ccccc2)SC1=S. The van der Waals surface area contributed by atoms with Gasteiger partial charge >= 0.3 is 0 Å². The van der Waals surface area contributed by atoms with Crippen molar-refractivity contribution in [3.63, 3.8) is 0 Å². The second-order valence-corrected chi connectivity index (χ2v) is 9.38. The van der Waals surface area contributed by atoms with Gasteiger partial charge in [-0.3, -0.25) is 14.5 Å². The molecule has 0 spiro atoms. The number of benzene rings is 1. The van der Waals surface area contributed by atoms with Gasteiger partial charge in [-0.2, -0.15) is 0 Å². The molecular weight excluding hydrogens is 400 g/mol. The predicted molar refractivity (Wildman–Crippen MR) is 124 cm³/mol. The van der Waals surface area contributed by atoms with E-state index in [1.807, 2.05) is 36.4 Å². The van der Waals surface area contributed by atoms with Crippen molar-refractivity contribution in [2.24, 2.45) is 0 Å². The Morgan fingerprint density at radius 3 is 2.76 bits per heavy atom. The number of amides is 2. The van der Waals surface area contributed by atoms with Crippen LogP contribution >= 0.6 is 24.0 Å². The molecule has 0 bridgehead atoms. The number of hydrogen-bond donors (Lipinski definition) is 0. The molecule has 2 heterocycles. The summed E-state index contributed by atoms with van der Waals surface area (Å²) in [5, 5.41) is 0. The molecule has 6 heteroatoms. The van der Waals surface area contributed by atoms with Crippen LogP contribution < -0.4 is 0 Å². The normalized spacial score (nSPS) is 21.3. The third kappa shape index (κ3) is 5.92. The highest BCUT2D eigenvalue weighted by molar-refractivity contribution is 8.26. The lowest BCUT2D eigenvalue weighted by molar-refractivity contribution is -0.135. The summed E-state index contributed by atoms with van der Waals surface area (Å²) in [6.45, 7) is 3.72. The number of carbonyl (C=O) groups excluding carboxylic acids is 2. The van der Waals surface area contributed by atoms with Gasteiger partial charge in [0.2, 0.25) is 5.91 Å². The van der Waals surface area contributed by atoms with Crippen LogP contribution in [0.5, 0.6) is 0 Å². The Morgan fingerprint density at radius 1 is 1.21 bits per heavy atom. The van der Waals surface area contributed by atoms with E-state index < -0.39 is 0 Å². The minimum atomic E-state index is -0.000895. The molecule has 1 aromatic rings. The molecule has 2 amide bonds. The minimum Gasteiger partial charge on any atom is -0.340 e. The van der Waals surface area contributed by atoms with Crippen LogP contribution in [-0.2, 0) is 9.59 Å². The van der Waals surface area contributed by atoms with Crippen LogP contribution in [0.1, 0.15) is 63.9 Å². The smallest absolute Gasteiger partial charge is 0.266 e. The highest BCUT2D eigenvalue weighted by Crippen LogP contribution is 2.32. The highest BCUT2D eigenvalue weighted by atomic mass is 32.2. The van der Waals surface area contributed by atoms with E-state index in [1.54, 1.807) is 4.90 Å². The summed E-state index contributed by atoms with van der Waals surface area (Å²) in [4.78, 5) is 29.7.